The molecule has 1 fully saturated rings. The minimum absolute atomic E-state index is 0.807. The van der Waals surface area contributed by atoms with Crippen LogP contribution in [0.25, 0.3) is 0 Å². The Morgan fingerprint density at radius 2 is 2.00 bits per heavy atom. The van der Waals surface area contributed by atoms with Crippen LogP contribution in [0.2, 0.25) is 0 Å². The molecular formula is C9H19N2. The highest BCUT2D eigenvalue weighted by Crippen LogP contribution is 2.25. The third-order valence-corrected chi connectivity index (χ3v) is 1.93. The summed E-state index contributed by atoms with van der Waals surface area (Å²) >= 11 is 0. The molecule has 0 aromatic heterocycles. The van der Waals surface area contributed by atoms with Crippen molar-refractivity contribution in [3.8, 4) is 0 Å². The summed E-state index contributed by atoms with van der Waals surface area (Å²) in [7, 11) is 0. The lowest BCUT2D eigenvalue weighted by molar-refractivity contribution is 0.169. The highest BCUT2D eigenvalue weighted by atomic mass is 15.5. The SMILES string of the molecule is CCC[N]N(CCC)C1CC1. The highest BCUT2D eigenvalue weighted by molar-refractivity contribution is 4.81. The fraction of sp³-hybridized carbons (Fsp3) is 1.00. The number of hydrogen-bond acceptors (Lipinski definition) is 1. The molecule has 0 aromatic rings. The molecule has 0 N–H and O–H groups in total. The molecule has 1 rings (SSSR count). The van der Waals surface area contributed by atoms with Gasteiger partial charge in [0.15, 0.2) is 0 Å². The van der Waals surface area contributed by atoms with E-state index in [0.29, 0.717) is 0 Å². The summed E-state index contributed by atoms with van der Waals surface area (Å²) < 4.78 is 0. The van der Waals surface area contributed by atoms with Crippen LogP contribution in [0, 0.1) is 0 Å². The van der Waals surface area contributed by atoms with E-state index in [1.54, 1.807) is 0 Å². The molecule has 0 saturated heterocycles. The first-order valence-electron chi connectivity index (χ1n) is 4.82. The standard InChI is InChI=1S/C9H19N2/c1-3-7-10-11(8-4-2)9-5-6-9/h9H,3-8H2,1-2H3. The third-order valence-electron chi connectivity index (χ3n) is 1.93. The van der Waals surface area contributed by atoms with Crippen molar-refractivity contribution < 1.29 is 0 Å². The molecular weight excluding hydrogens is 136 g/mol. The second kappa shape index (κ2) is 4.73. The van der Waals surface area contributed by atoms with Crippen LogP contribution in [-0.4, -0.2) is 24.1 Å². The Balaban J connectivity index is 2.10. The topological polar surface area (TPSA) is 17.3 Å². The van der Waals surface area contributed by atoms with Crippen LogP contribution in [0.1, 0.15) is 39.5 Å². The molecule has 0 bridgehead atoms. The molecule has 0 atom stereocenters. The van der Waals surface area contributed by atoms with Gasteiger partial charge < -0.3 is 0 Å². The van der Waals surface area contributed by atoms with Gasteiger partial charge in [-0.05, 0) is 25.7 Å². The minimum atomic E-state index is 0.807. The minimum Gasteiger partial charge on any atom is -0.224 e. The van der Waals surface area contributed by atoms with Crippen molar-refractivity contribution in [1.82, 2.24) is 10.4 Å². The maximum absolute atomic E-state index is 4.53. The Morgan fingerprint density at radius 1 is 1.27 bits per heavy atom. The molecule has 0 spiro atoms. The first-order chi connectivity index (χ1) is 5.38. The van der Waals surface area contributed by atoms with Crippen LogP contribution in [0.3, 0.4) is 0 Å². The molecule has 65 valence electrons. The van der Waals surface area contributed by atoms with Crippen LogP contribution in [0.15, 0.2) is 0 Å². The lowest BCUT2D eigenvalue weighted by atomic mass is 10.4. The van der Waals surface area contributed by atoms with Gasteiger partial charge in [0, 0.05) is 19.1 Å². The fourth-order valence-electron chi connectivity index (χ4n) is 1.20. The number of rotatable bonds is 6. The van der Waals surface area contributed by atoms with Crippen molar-refractivity contribution in [2.75, 3.05) is 13.1 Å². The molecule has 0 unspecified atom stereocenters. The summed E-state index contributed by atoms with van der Waals surface area (Å²) in [6.07, 6.45) is 5.14. The summed E-state index contributed by atoms with van der Waals surface area (Å²) in [5.41, 5.74) is 4.53. The molecule has 2 nitrogen and oxygen atoms in total. The lowest BCUT2D eigenvalue weighted by Crippen LogP contribution is -2.35. The zero-order chi connectivity index (χ0) is 8.10. The van der Waals surface area contributed by atoms with Crippen LogP contribution < -0.4 is 5.43 Å². The van der Waals surface area contributed by atoms with Crippen molar-refractivity contribution in [3.05, 3.63) is 0 Å². The zero-order valence-electron chi connectivity index (χ0n) is 7.71. The molecule has 11 heavy (non-hydrogen) atoms. The second-order valence-corrected chi connectivity index (χ2v) is 3.26. The summed E-state index contributed by atoms with van der Waals surface area (Å²) in [6, 6.07) is 0.807. The van der Waals surface area contributed by atoms with Gasteiger partial charge in [0.1, 0.15) is 0 Å². The molecule has 2 heteroatoms. The van der Waals surface area contributed by atoms with Gasteiger partial charge in [0.2, 0.25) is 0 Å². The normalized spacial score (nSPS) is 17.7. The van der Waals surface area contributed by atoms with Crippen molar-refractivity contribution in [2.45, 2.75) is 45.6 Å². The van der Waals surface area contributed by atoms with Gasteiger partial charge in [-0.15, -0.1) is 0 Å². The van der Waals surface area contributed by atoms with E-state index in [4.69, 9.17) is 0 Å². The third kappa shape index (κ3) is 3.21. The molecule has 1 radical (unpaired) electrons. The predicted octanol–water partition coefficient (Wildman–Crippen LogP) is 1.79. The van der Waals surface area contributed by atoms with E-state index < -0.39 is 0 Å². The zero-order valence-corrected chi connectivity index (χ0v) is 7.71. The van der Waals surface area contributed by atoms with Crippen LogP contribution in [-0.2, 0) is 0 Å². The van der Waals surface area contributed by atoms with E-state index in [2.05, 4.69) is 24.3 Å². The van der Waals surface area contributed by atoms with Crippen molar-refractivity contribution in [1.29, 1.82) is 0 Å². The van der Waals surface area contributed by atoms with E-state index in [9.17, 15) is 0 Å². The summed E-state index contributed by atoms with van der Waals surface area (Å²) in [5.74, 6) is 0. The molecule has 0 heterocycles. The maximum Gasteiger partial charge on any atom is 0.0304 e. The van der Waals surface area contributed by atoms with E-state index in [1.165, 1.54) is 25.7 Å². The molecule has 1 saturated carbocycles. The Bertz CT molecular complexity index is 99.7. The Labute approximate surface area is 69.9 Å². The average Bonchev–Trinajstić information content (AvgIpc) is 2.80. The van der Waals surface area contributed by atoms with Gasteiger partial charge in [0.25, 0.3) is 0 Å². The Hall–Kier alpha value is -0.0800. The first-order valence-corrected chi connectivity index (χ1v) is 4.82. The molecule has 0 aromatic carbocycles. The summed E-state index contributed by atoms with van der Waals surface area (Å²) in [4.78, 5) is 0. The molecule has 0 amide bonds. The van der Waals surface area contributed by atoms with E-state index in [0.717, 1.165) is 19.1 Å². The summed E-state index contributed by atoms with van der Waals surface area (Å²) in [5, 5.41) is 2.30. The van der Waals surface area contributed by atoms with Crippen LogP contribution in [0.4, 0.5) is 0 Å². The second-order valence-electron chi connectivity index (χ2n) is 3.26. The van der Waals surface area contributed by atoms with Gasteiger partial charge in [-0.1, -0.05) is 13.8 Å². The average molecular weight is 155 g/mol. The Kier molecular flexibility index (Phi) is 3.87. The Morgan fingerprint density at radius 3 is 2.45 bits per heavy atom. The lowest BCUT2D eigenvalue weighted by Gasteiger charge is -2.19. The van der Waals surface area contributed by atoms with Gasteiger partial charge >= 0.3 is 0 Å². The first kappa shape index (κ1) is 9.01. The van der Waals surface area contributed by atoms with E-state index in [-0.39, 0.29) is 0 Å². The smallest absolute Gasteiger partial charge is 0.0304 e. The summed E-state index contributed by atoms with van der Waals surface area (Å²) in [6.45, 7) is 6.57. The maximum atomic E-state index is 4.53. The van der Waals surface area contributed by atoms with Gasteiger partial charge in [-0.3, -0.25) is 0 Å². The monoisotopic (exact) mass is 155 g/mol. The molecule has 1 aliphatic rings. The van der Waals surface area contributed by atoms with E-state index in [1.807, 2.05) is 0 Å². The van der Waals surface area contributed by atoms with Gasteiger partial charge in [0.05, 0.1) is 0 Å². The fourth-order valence-corrected chi connectivity index (χ4v) is 1.20. The highest BCUT2D eigenvalue weighted by Gasteiger charge is 2.28. The van der Waals surface area contributed by atoms with Gasteiger partial charge in [-0.25, -0.2) is 5.01 Å². The largest absolute Gasteiger partial charge is 0.224 e. The molecule has 0 aliphatic heterocycles. The number of nitrogens with zero attached hydrogens (tertiary/aromatic N) is 2. The van der Waals surface area contributed by atoms with Crippen LogP contribution in [0.5, 0.6) is 0 Å². The van der Waals surface area contributed by atoms with E-state index >= 15 is 0 Å². The van der Waals surface area contributed by atoms with Crippen LogP contribution >= 0.6 is 0 Å². The number of hydrogen-bond donors (Lipinski definition) is 0. The van der Waals surface area contributed by atoms with Crippen molar-refractivity contribution in [2.24, 2.45) is 0 Å². The van der Waals surface area contributed by atoms with Crippen molar-refractivity contribution >= 4 is 0 Å². The van der Waals surface area contributed by atoms with Gasteiger partial charge in [-0.2, -0.15) is 5.43 Å². The van der Waals surface area contributed by atoms with Crippen molar-refractivity contribution in [3.63, 3.8) is 0 Å². The predicted molar refractivity (Wildman–Crippen MR) is 47.3 cm³/mol. The molecule has 1 aliphatic carbocycles. The quantitative estimate of drug-likeness (QED) is 0.534.